The van der Waals surface area contributed by atoms with E-state index < -0.39 is 11.8 Å². The van der Waals surface area contributed by atoms with Gasteiger partial charge in [0.2, 0.25) is 0 Å². The molecule has 0 aliphatic carbocycles. The third-order valence-corrected chi connectivity index (χ3v) is 5.47. The SMILES string of the molecule is CC(=NNC(=O)C(=O)NN=C(C)c1ccc(NC(=O)c2ccco2)cc1)c1ccc(NC(=O)c2ccco2)cc1. The number of hydrogen-bond acceptors (Lipinski definition) is 8. The van der Waals surface area contributed by atoms with Gasteiger partial charge in [0.1, 0.15) is 0 Å². The van der Waals surface area contributed by atoms with Crippen LogP contribution in [-0.2, 0) is 9.59 Å². The molecule has 4 N–H and O–H groups in total. The largest absolute Gasteiger partial charge is 0.459 e. The Morgan fingerprint density at radius 1 is 0.575 bits per heavy atom. The van der Waals surface area contributed by atoms with Crippen LogP contribution in [0.4, 0.5) is 11.4 Å². The molecule has 0 radical (unpaired) electrons. The summed E-state index contributed by atoms with van der Waals surface area (Å²) in [5.41, 5.74) is 7.65. The molecule has 40 heavy (non-hydrogen) atoms. The minimum Gasteiger partial charge on any atom is -0.459 e. The molecule has 12 heteroatoms. The van der Waals surface area contributed by atoms with Gasteiger partial charge in [0, 0.05) is 11.4 Å². The summed E-state index contributed by atoms with van der Waals surface area (Å²) in [6, 6.07) is 19.8. The molecular weight excluding hydrogens is 516 g/mol. The van der Waals surface area contributed by atoms with Crippen LogP contribution in [0.2, 0.25) is 0 Å². The topological polar surface area (TPSA) is 167 Å². The predicted octanol–water partition coefficient (Wildman–Crippen LogP) is 3.76. The zero-order valence-corrected chi connectivity index (χ0v) is 21.4. The molecule has 4 rings (SSSR count). The maximum Gasteiger partial charge on any atom is 0.331 e. The Kier molecular flexibility index (Phi) is 8.62. The van der Waals surface area contributed by atoms with Crippen molar-refractivity contribution in [3.63, 3.8) is 0 Å². The molecule has 2 aromatic carbocycles. The van der Waals surface area contributed by atoms with E-state index in [2.05, 4.69) is 31.7 Å². The van der Waals surface area contributed by atoms with Crippen LogP contribution >= 0.6 is 0 Å². The van der Waals surface area contributed by atoms with Crippen molar-refractivity contribution in [3.05, 3.63) is 108 Å². The smallest absolute Gasteiger partial charge is 0.331 e. The Morgan fingerprint density at radius 3 is 1.27 bits per heavy atom. The first kappa shape index (κ1) is 27.3. The average molecular weight is 541 g/mol. The molecule has 4 amide bonds. The van der Waals surface area contributed by atoms with E-state index in [1.165, 1.54) is 12.5 Å². The van der Waals surface area contributed by atoms with Crippen LogP contribution in [0.1, 0.15) is 46.1 Å². The van der Waals surface area contributed by atoms with Crippen molar-refractivity contribution in [2.75, 3.05) is 10.6 Å². The molecule has 0 bridgehead atoms. The lowest BCUT2D eigenvalue weighted by Gasteiger charge is -2.06. The lowest BCUT2D eigenvalue weighted by atomic mass is 10.1. The van der Waals surface area contributed by atoms with Crippen LogP contribution in [0.3, 0.4) is 0 Å². The molecule has 2 aromatic heterocycles. The standard InChI is InChI=1S/C28H24N6O6/c1-17(19-7-11-21(12-8-19)29-25(35)23-5-3-15-39-23)31-33-27(37)28(38)34-32-18(2)20-9-13-22(14-10-20)30-26(36)24-6-4-16-40-24/h3-16H,1-2H3,(H,29,35)(H,30,36)(H,33,37)(H,34,38). The van der Waals surface area contributed by atoms with E-state index in [9.17, 15) is 19.2 Å². The van der Waals surface area contributed by atoms with Crippen LogP contribution in [-0.4, -0.2) is 35.1 Å². The van der Waals surface area contributed by atoms with Gasteiger partial charge < -0.3 is 19.5 Å². The minimum absolute atomic E-state index is 0.187. The highest BCUT2D eigenvalue weighted by Gasteiger charge is 2.14. The van der Waals surface area contributed by atoms with E-state index in [0.29, 0.717) is 33.9 Å². The molecule has 0 saturated heterocycles. The number of amides is 4. The van der Waals surface area contributed by atoms with Gasteiger partial charge in [-0.3, -0.25) is 19.2 Å². The van der Waals surface area contributed by atoms with Gasteiger partial charge in [0.25, 0.3) is 11.8 Å². The van der Waals surface area contributed by atoms with Gasteiger partial charge in [-0.1, -0.05) is 24.3 Å². The Balaban J connectivity index is 1.26. The number of anilines is 2. The second kappa shape index (κ2) is 12.6. The lowest BCUT2D eigenvalue weighted by Crippen LogP contribution is -2.36. The van der Waals surface area contributed by atoms with Crippen LogP contribution in [0, 0.1) is 0 Å². The van der Waals surface area contributed by atoms with E-state index in [-0.39, 0.29) is 23.3 Å². The fourth-order valence-electron chi connectivity index (χ4n) is 3.29. The minimum atomic E-state index is -1.01. The summed E-state index contributed by atoms with van der Waals surface area (Å²) in [5.74, 6) is -2.40. The first-order valence-corrected chi connectivity index (χ1v) is 11.9. The molecule has 0 spiro atoms. The van der Waals surface area contributed by atoms with Gasteiger partial charge in [0.15, 0.2) is 11.5 Å². The average Bonchev–Trinajstić information content (AvgIpc) is 3.70. The van der Waals surface area contributed by atoms with Crippen molar-refractivity contribution in [1.82, 2.24) is 10.9 Å². The van der Waals surface area contributed by atoms with Crippen LogP contribution < -0.4 is 21.5 Å². The third kappa shape index (κ3) is 7.16. The molecular formula is C28H24N6O6. The van der Waals surface area contributed by atoms with E-state index in [1.54, 1.807) is 86.6 Å². The molecule has 0 aliphatic rings. The molecule has 0 unspecified atom stereocenters. The van der Waals surface area contributed by atoms with Crippen molar-refractivity contribution in [2.24, 2.45) is 10.2 Å². The third-order valence-electron chi connectivity index (χ3n) is 5.47. The number of carbonyl (C=O) groups excluding carboxylic acids is 4. The van der Waals surface area contributed by atoms with Crippen LogP contribution in [0.5, 0.6) is 0 Å². The number of hydrazone groups is 2. The fourth-order valence-corrected chi connectivity index (χ4v) is 3.29. The van der Waals surface area contributed by atoms with Crippen molar-refractivity contribution in [1.29, 1.82) is 0 Å². The van der Waals surface area contributed by atoms with Gasteiger partial charge in [-0.15, -0.1) is 0 Å². The summed E-state index contributed by atoms with van der Waals surface area (Å²) in [7, 11) is 0. The molecule has 12 nitrogen and oxygen atoms in total. The van der Waals surface area contributed by atoms with Gasteiger partial charge in [0.05, 0.1) is 23.9 Å². The quantitative estimate of drug-likeness (QED) is 0.151. The summed E-state index contributed by atoms with van der Waals surface area (Å²) >= 11 is 0. The highest BCUT2D eigenvalue weighted by Crippen LogP contribution is 2.14. The van der Waals surface area contributed by atoms with Gasteiger partial charge >= 0.3 is 11.8 Å². The predicted molar refractivity (Wildman–Crippen MR) is 147 cm³/mol. The normalized spacial score (nSPS) is 11.4. The molecule has 4 aromatic rings. The fraction of sp³-hybridized carbons (Fsp3) is 0.0714. The first-order chi connectivity index (χ1) is 19.3. The van der Waals surface area contributed by atoms with Crippen molar-refractivity contribution in [2.45, 2.75) is 13.8 Å². The van der Waals surface area contributed by atoms with Gasteiger partial charge in [-0.2, -0.15) is 10.2 Å². The molecule has 0 atom stereocenters. The van der Waals surface area contributed by atoms with E-state index in [4.69, 9.17) is 8.83 Å². The first-order valence-electron chi connectivity index (χ1n) is 11.9. The second-order valence-corrected chi connectivity index (χ2v) is 8.29. The Labute approximate surface area is 228 Å². The van der Waals surface area contributed by atoms with Crippen molar-refractivity contribution < 1.29 is 28.0 Å². The zero-order chi connectivity index (χ0) is 28.5. The summed E-state index contributed by atoms with van der Waals surface area (Å²) in [5, 5.41) is 13.3. The zero-order valence-electron chi connectivity index (χ0n) is 21.4. The summed E-state index contributed by atoms with van der Waals surface area (Å²) in [6.07, 6.45) is 2.82. The maximum absolute atomic E-state index is 12.2. The summed E-state index contributed by atoms with van der Waals surface area (Å²) in [4.78, 5) is 48.4. The van der Waals surface area contributed by atoms with Gasteiger partial charge in [-0.25, -0.2) is 10.9 Å². The number of carbonyl (C=O) groups is 4. The Hall–Kier alpha value is -5.78. The van der Waals surface area contributed by atoms with Crippen molar-refractivity contribution >= 4 is 46.4 Å². The number of hydrogen-bond donors (Lipinski definition) is 4. The van der Waals surface area contributed by atoms with Gasteiger partial charge in [-0.05, 0) is 73.5 Å². The highest BCUT2D eigenvalue weighted by molar-refractivity contribution is 6.35. The number of nitrogens with one attached hydrogen (secondary N) is 4. The van der Waals surface area contributed by atoms with Crippen LogP contribution in [0.25, 0.3) is 0 Å². The molecule has 202 valence electrons. The molecule has 2 heterocycles. The molecule has 0 saturated carbocycles. The maximum atomic E-state index is 12.2. The molecule has 0 aliphatic heterocycles. The Morgan fingerprint density at radius 2 is 0.950 bits per heavy atom. The molecule has 0 fully saturated rings. The van der Waals surface area contributed by atoms with E-state index >= 15 is 0 Å². The number of furan rings is 2. The van der Waals surface area contributed by atoms with E-state index in [0.717, 1.165) is 0 Å². The van der Waals surface area contributed by atoms with Crippen LogP contribution in [0.15, 0.2) is 104 Å². The lowest BCUT2D eigenvalue weighted by molar-refractivity contribution is -0.139. The van der Waals surface area contributed by atoms with Crippen molar-refractivity contribution in [3.8, 4) is 0 Å². The second-order valence-electron chi connectivity index (χ2n) is 8.29. The summed E-state index contributed by atoms with van der Waals surface area (Å²) in [6.45, 7) is 3.30. The monoisotopic (exact) mass is 540 g/mol. The number of rotatable bonds is 8. The summed E-state index contributed by atoms with van der Waals surface area (Å²) < 4.78 is 10.1. The number of nitrogens with zero attached hydrogens (tertiary/aromatic N) is 2. The Bertz CT molecular complexity index is 1430. The highest BCUT2D eigenvalue weighted by atomic mass is 16.3. The number of benzene rings is 2. The van der Waals surface area contributed by atoms with E-state index in [1.807, 2.05) is 0 Å².